The maximum atomic E-state index is 13.3. The minimum atomic E-state index is -4.23. The molecule has 146 valence electrons. The van der Waals surface area contributed by atoms with Crippen LogP contribution < -0.4 is 5.84 Å². The largest absolute Gasteiger partial charge is 0.389 e. The molecule has 0 saturated carbocycles. The second-order valence-corrected chi connectivity index (χ2v) is 7.14. The monoisotopic (exact) mass is 378 g/mol. The smallest absolute Gasteiger partial charge is 0.358 e. The van der Waals surface area contributed by atoms with Gasteiger partial charge in [-0.05, 0) is 35.8 Å². The highest BCUT2D eigenvalue weighted by molar-refractivity contribution is 5.25. The van der Waals surface area contributed by atoms with Crippen molar-refractivity contribution < 1.29 is 17.9 Å². The summed E-state index contributed by atoms with van der Waals surface area (Å²) in [5, 5.41) is 1.57. The Kier molecular flexibility index (Phi) is 5.89. The van der Waals surface area contributed by atoms with Crippen molar-refractivity contribution >= 4 is 0 Å². The van der Waals surface area contributed by atoms with Crippen LogP contribution in [0.25, 0.3) is 0 Å². The van der Waals surface area contributed by atoms with Crippen LogP contribution in [0, 0.1) is 5.92 Å². The lowest BCUT2D eigenvalue weighted by Crippen LogP contribution is -2.57. The number of hydrogen-bond donors (Lipinski definition) is 1. The third kappa shape index (κ3) is 4.34. The lowest BCUT2D eigenvalue weighted by Gasteiger charge is -2.48. The van der Waals surface area contributed by atoms with E-state index in [1.165, 1.54) is 0 Å². The quantitative estimate of drug-likeness (QED) is 0.759. The lowest BCUT2D eigenvalue weighted by molar-refractivity contribution is -0.184. The third-order valence-electron chi connectivity index (χ3n) is 5.56. The van der Waals surface area contributed by atoms with Gasteiger partial charge in [-0.15, -0.1) is 0 Å². The van der Waals surface area contributed by atoms with Crippen LogP contribution >= 0.6 is 0 Å². The van der Waals surface area contributed by atoms with Crippen LogP contribution in [0.15, 0.2) is 60.7 Å². The number of ether oxygens (including phenoxy) is 1. The van der Waals surface area contributed by atoms with Crippen molar-refractivity contribution in [2.45, 2.75) is 37.1 Å². The van der Waals surface area contributed by atoms with E-state index in [0.29, 0.717) is 24.9 Å². The van der Waals surface area contributed by atoms with Crippen molar-refractivity contribution in [3.63, 3.8) is 0 Å². The minimum absolute atomic E-state index is 0.203. The van der Waals surface area contributed by atoms with Gasteiger partial charge in [0.1, 0.15) is 0 Å². The van der Waals surface area contributed by atoms with Gasteiger partial charge >= 0.3 is 6.18 Å². The first kappa shape index (κ1) is 19.9. The fourth-order valence-electron chi connectivity index (χ4n) is 4.20. The first-order valence-electron chi connectivity index (χ1n) is 9.10. The van der Waals surface area contributed by atoms with E-state index in [9.17, 15) is 13.2 Å². The van der Waals surface area contributed by atoms with Crippen molar-refractivity contribution in [1.29, 1.82) is 0 Å². The maximum Gasteiger partial charge on any atom is 0.389 e. The molecule has 3 nitrogen and oxygen atoms in total. The van der Waals surface area contributed by atoms with Crippen molar-refractivity contribution in [1.82, 2.24) is 5.01 Å². The van der Waals surface area contributed by atoms with Crippen molar-refractivity contribution in [3.05, 3.63) is 71.8 Å². The number of hydrogen-bond acceptors (Lipinski definition) is 3. The average molecular weight is 378 g/mol. The number of rotatable bonds is 5. The highest BCUT2D eigenvalue weighted by Gasteiger charge is 2.46. The molecule has 0 amide bonds. The Bertz CT molecular complexity index is 723. The Labute approximate surface area is 157 Å². The van der Waals surface area contributed by atoms with Gasteiger partial charge in [0.05, 0.1) is 6.42 Å². The summed E-state index contributed by atoms with van der Waals surface area (Å²) < 4.78 is 45.6. The van der Waals surface area contributed by atoms with Gasteiger partial charge in [0, 0.05) is 13.7 Å². The fourth-order valence-corrected chi connectivity index (χ4v) is 4.20. The number of alkyl halides is 3. The molecule has 0 radical (unpaired) electrons. The van der Waals surface area contributed by atoms with E-state index in [1.807, 2.05) is 36.4 Å². The number of benzene rings is 2. The van der Waals surface area contributed by atoms with Crippen LogP contribution in [-0.2, 0) is 10.5 Å². The van der Waals surface area contributed by atoms with Crippen LogP contribution in [0.2, 0.25) is 0 Å². The molecule has 6 heteroatoms. The molecule has 1 heterocycles. The average Bonchev–Trinajstić information content (AvgIpc) is 2.67. The van der Waals surface area contributed by atoms with E-state index in [0.717, 1.165) is 5.56 Å². The van der Waals surface area contributed by atoms with E-state index in [1.54, 1.807) is 36.4 Å². The first-order chi connectivity index (χ1) is 12.9. The zero-order valence-electron chi connectivity index (χ0n) is 15.3. The standard InChI is InChI=1S/C21H25F3N2O/c1-27-20(18-10-6-3-7-11-18)13-12-17(15-26(20)25)19(14-21(22,23)24)16-8-4-2-5-9-16/h2-11,17,19H,12-15,25H2,1H3. The molecule has 3 atom stereocenters. The molecule has 0 bridgehead atoms. The number of piperidine rings is 1. The fraction of sp³-hybridized carbons (Fsp3) is 0.429. The van der Waals surface area contributed by atoms with Gasteiger partial charge in [0.2, 0.25) is 0 Å². The van der Waals surface area contributed by atoms with Crippen LogP contribution in [-0.4, -0.2) is 24.8 Å². The van der Waals surface area contributed by atoms with E-state index < -0.39 is 24.2 Å². The Morgan fingerprint density at radius 2 is 1.70 bits per heavy atom. The molecule has 1 aliphatic heterocycles. The van der Waals surface area contributed by atoms with Gasteiger partial charge in [-0.3, -0.25) is 5.84 Å². The number of hydrazine groups is 1. The van der Waals surface area contributed by atoms with Gasteiger partial charge in [0.15, 0.2) is 5.72 Å². The molecular weight excluding hydrogens is 353 g/mol. The van der Waals surface area contributed by atoms with E-state index in [2.05, 4.69) is 0 Å². The molecule has 0 aromatic heterocycles. The van der Waals surface area contributed by atoms with Crippen molar-refractivity contribution in [2.24, 2.45) is 11.8 Å². The Balaban J connectivity index is 1.86. The first-order valence-corrected chi connectivity index (χ1v) is 9.10. The number of nitrogens with two attached hydrogens (primary N) is 1. The van der Waals surface area contributed by atoms with E-state index in [4.69, 9.17) is 10.6 Å². The summed E-state index contributed by atoms with van der Waals surface area (Å²) in [6.07, 6.45) is -3.93. The van der Waals surface area contributed by atoms with Gasteiger partial charge in [0.25, 0.3) is 0 Å². The molecule has 1 fully saturated rings. The topological polar surface area (TPSA) is 38.5 Å². The Morgan fingerprint density at radius 1 is 1.11 bits per heavy atom. The van der Waals surface area contributed by atoms with E-state index in [-0.39, 0.29) is 5.92 Å². The van der Waals surface area contributed by atoms with Crippen LogP contribution in [0.1, 0.15) is 36.3 Å². The van der Waals surface area contributed by atoms with Gasteiger partial charge < -0.3 is 4.74 Å². The summed E-state index contributed by atoms with van der Waals surface area (Å²) >= 11 is 0. The molecule has 3 unspecified atom stereocenters. The molecule has 3 rings (SSSR count). The molecule has 0 spiro atoms. The predicted molar refractivity (Wildman–Crippen MR) is 98.6 cm³/mol. The summed E-state index contributed by atoms with van der Waals surface area (Å²) in [5.41, 5.74) is 0.815. The van der Waals surface area contributed by atoms with Gasteiger partial charge in [-0.2, -0.15) is 13.2 Å². The number of methoxy groups -OCH3 is 1. The van der Waals surface area contributed by atoms with Crippen LogP contribution in [0.3, 0.4) is 0 Å². The highest BCUT2D eigenvalue weighted by atomic mass is 19.4. The van der Waals surface area contributed by atoms with Crippen LogP contribution in [0.4, 0.5) is 13.2 Å². The molecule has 27 heavy (non-hydrogen) atoms. The van der Waals surface area contributed by atoms with Crippen LogP contribution in [0.5, 0.6) is 0 Å². The SMILES string of the molecule is COC1(c2ccccc2)CCC(C(CC(F)(F)F)c2ccccc2)CN1N. The summed E-state index contributed by atoms with van der Waals surface area (Å²) in [4.78, 5) is 0. The van der Waals surface area contributed by atoms with Crippen molar-refractivity contribution in [2.75, 3.05) is 13.7 Å². The third-order valence-corrected chi connectivity index (χ3v) is 5.56. The van der Waals surface area contributed by atoms with Crippen molar-refractivity contribution in [3.8, 4) is 0 Å². The number of halogens is 3. The molecule has 0 aliphatic carbocycles. The molecule has 2 aromatic rings. The maximum absolute atomic E-state index is 13.3. The number of nitrogens with zero attached hydrogens (tertiary/aromatic N) is 1. The summed E-state index contributed by atoms with van der Waals surface area (Å²) in [6.45, 7) is 0.332. The predicted octanol–water partition coefficient (Wildman–Crippen LogP) is 4.81. The second-order valence-electron chi connectivity index (χ2n) is 7.14. The zero-order valence-corrected chi connectivity index (χ0v) is 15.3. The molecule has 1 aliphatic rings. The van der Waals surface area contributed by atoms with Gasteiger partial charge in [-0.25, -0.2) is 5.01 Å². The van der Waals surface area contributed by atoms with Gasteiger partial charge in [-0.1, -0.05) is 60.7 Å². The van der Waals surface area contributed by atoms with E-state index >= 15 is 0 Å². The highest BCUT2D eigenvalue weighted by Crippen LogP contribution is 2.45. The molecule has 2 N–H and O–H groups in total. The second kappa shape index (κ2) is 8.00. The Hall–Kier alpha value is -1.89. The summed E-state index contributed by atoms with van der Waals surface area (Å²) in [5.74, 6) is 5.53. The lowest BCUT2D eigenvalue weighted by atomic mass is 9.76. The minimum Gasteiger partial charge on any atom is -0.358 e. The summed E-state index contributed by atoms with van der Waals surface area (Å²) in [7, 11) is 1.59. The summed E-state index contributed by atoms with van der Waals surface area (Å²) in [6, 6.07) is 18.5. The molecular formula is C21H25F3N2O. The normalized spacial score (nSPS) is 25.3. The molecule has 1 saturated heterocycles. The Morgan fingerprint density at radius 3 is 2.22 bits per heavy atom. The molecule has 2 aromatic carbocycles. The zero-order chi connectivity index (χ0) is 19.5.